The number of methoxy groups -OCH3 is 1. The molecule has 0 aliphatic heterocycles. The lowest BCUT2D eigenvalue weighted by atomic mass is 10.1. The average Bonchev–Trinajstić information content (AvgIpc) is 2.82. The van der Waals surface area contributed by atoms with Gasteiger partial charge in [-0.1, -0.05) is 6.42 Å². The number of halogens is 1. The number of ether oxygens (including phenoxy) is 1. The Kier molecular flexibility index (Phi) is 5.50. The number of nitrogens with zero attached hydrogens (tertiary/aromatic N) is 1. The van der Waals surface area contributed by atoms with Crippen molar-refractivity contribution in [3.8, 4) is 0 Å². The van der Waals surface area contributed by atoms with Crippen molar-refractivity contribution in [2.75, 3.05) is 12.4 Å². The summed E-state index contributed by atoms with van der Waals surface area (Å²) >= 11 is 1.31. The fourth-order valence-electron chi connectivity index (χ4n) is 3.12. The smallest absolute Gasteiger partial charge is 0.341 e. The van der Waals surface area contributed by atoms with Crippen molar-refractivity contribution in [2.45, 2.75) is 32.1 Å². The molecule has 9 heteroatoms. The number of rotatable bonds is 4. The zero-order chi connectivity index (χ0) is 19.6. The molecule has 3 rings (SSSR count). The summed E-state index contributed by atoms with van der Waals surface area (Å²) in [6, 6.07) is 2.91. The highest BCUT2D eigenvalue weighted by molar-refractivity contribution is 7.17. The number of esters is 1. The molecule has 142 valence electrons. The van der Waals surface area contributed by atoms with Gasteiger partial charge >= 0.3 is 11.7 Å². The number of aryl methyl sites for hydroxylation is 1. The van der Waals surface area contributed by atoms with Crippen LogP contribution in [-0.4, -0.2) is 23.9 Å². The second-order valence-corrected chi connectivity index (χ2v) is 7.24. The van der Waals surface area contributed by atoms with Gasteiger partial charge in [0.1, 0.15) is 5.00 Å². The van der Waals surface area contributed by atoms with Gasteiger partial charge in [-0.3, -0.25) is 14.9 Å². The Morgan fingerprint density at radius 3 is 2.70 bits per heavy atom. The highest BCUT2D eigenvalue weighted by atomic mass is 32.1. The summed E-state index contributed by atoms with van der Waals surface area (Å²) in [4.78, 5) is 35.8. The number of nitro groups is 1. The van der Waals surface area contributed by atoms with E-state index >= 15 is 0 Å². The van der Waals surface area contributed by atoms with Crippen LogP contribution >= 0.6 is 11.3 Å². The normalized spacial score (nSPS) is 13.4. The first kappa shape index (κ1) is 19.0. The van der Waals surface area contributed by atoms with Crippen LogP contribution < -0.4 is 5.32 Å². The standard InChI is InChI=1S/C18H17FN2O5S/c1-26-18(23)15-11-5-3-2-4-6-14(11)27-17(15)20-16(22)10-7-8-12(19)13(9-10)21(24)25/h7-9H,2-6H2,1H3,(H,20,22). The molecule has 0 saturated heterocycles. The maximum Gasteiger partial charge on any atom is 0.341 e. The van der Waals surface area contributed by atoms with Crippen LogP contribution in [0.2, 0.25) is 0 Å². The number of carbonyl (C=O) groups excluding carboxylic acids is 2. The third-order valence-electron chi connectivity index (χ3n) is 4.44. The number of nitro benzene ring substituents is 1. The van der Waals surface area contributed by atoms with Crippen LogP contribution in [0.5, 0.6) is 0 Å². The molecular weight excluding hydrogens is 375 g/mol. The molecule has 0 unspecified atom stereocenters. The molecule has 1 aromatic heterocycles. The van der Waals surface area contributed by atoms with Crippen molar-refractivity contribution >= 4 is 33.9 Å². The molecule has 0 saturated carbocycles. The maximum absolute atomic E-state index is 13.5. The zero-order valence-electron chi connectivity index (χ0n) is 14.5. The molecule has 1 N–H and O–H groups in total. The molecule has 1 aliphatic rings. The summed E-state index contributed by atoms with van der Waals surface area (Å²) in [5.74, 6) is -2.20. The second kappa shape index (κ2) is 7.83. The summed E-state index contributed by atoms with van der Waals surface area (Å²) in [6.07, 6.45) is 4.58. The fourth-order valence-corrected chi connectivity index (χ4v) is 4.39. The van der Waals surface area contributed by atoms with Crippen molar-refractivity contribution in [1.29, 1.82) is 0 Å². The van der Waals surface area contributed by atoms with Crippen LogP contribution in [0.1, 0.15) is 50.4 Å². The van der Waals surface area contributed by atoms with Crippen LogP contribution in [0.25, 0.3) is 0 Å². The number of fused-ring (bicyclic) bond motifs is 1. The van der Waals surface area contributed by atoms with E-state index in [-0.39, 0.29) is 5.56 Å². The number of carbonyl (C=O) groups is 2. The van der Waals surface area contributed by atoms with Gasteiger partial charge < -0.3 is 10.1 Å². The number of nitrogens with one attached hydrogen (secondary N) is 1. The van der Waals surface area contributed by atoms with Crippen molar-refractivity contribution < 1.29 is 23.6 Å². The van der Waals surface area contributed by atoms with E-state index in [0.717, 1.165) is 60.7 Å². The van der Waals surface area contributed by atoms with E-state index in [1.807, 2.05) is 0 Å². The van der Waals surface area contributed by atoms with Crippen molar-refractivity contribution in [1.82, 2.24) is 0 Å². The van der Waals surface area contributed by atoms with Crippen LogP contribution in [0.4, 0.5) is 15.1 Å². The minimum atomic E-state index is -1.02. The van der Waals surface area contributed by atoms with Crippen molar-refractivity contribution in [2.24, 2.45) is 0 Å². The molecule has 1 heterocycles. The van der Waals surface area contributed by atoms with Crippen molar-refractivity contribution in [3.05, 3.63) is 55.7 Å². The summed E-state index contributed by atoms with van der Waals surface area (Å²) < 4.78 is 18.4. The number of thiophene rings is 1. The second-order valence-electron chi connectivity index (χ2n) is 6.14. The van der Waals surface area contributed by atoms with Gasteiger partial charge in [-0.25, -0.2) is 4.79 Å². The third-order valence-corrected chi connectivity index (χ3v) is 5.65. The topological polar surface area (TPSA) is 98.5 Å². The lowest BCUT2D eigenvalue weighted by molar-refractivity contribution is -0.387. The highest BCUT2D eigenvalue weighted by Crippen LogP contribution is 2.38. The minimum Gasteiger partial charge on any atom is -0.465 e. The van der Waals surface area contributed by atoms with E-state index in [9.17, 15) is 24.1 Å². The Morgan fingerprint density at radius 2 is 2.00 bits per heavy atom. The van der Waals surface area contributed by atoms with Crippen LogP contribution in [0.3, 0.4) is 0 Å². The average molecular weight is 392 g/mol. The number of benzene rings is 1. The lowest BCUT2D eigenvalue weighted by Crippen LogP contribution is -2.15. The molecule has 0 radical (unpaired) electrons. The predicted molar refractivity (Wildman–Crippen MR) is 97.9 cm³/mol. The van der Waals surface area contributed by atoms with Crippen LogP contribution in [0, 0.1) is 15.9 Å². The summed E-state index contributed by atoms with van der Waals surface area (Å²) in [6.45, 7) is 0. The van der Waals surface area contributed by atoms with Crippen LogP contribution in [-0.2, 0) is 17.6 Å². The molecule has 2 aromatic rings. The molecule has 0 atom stereocenters. The summed E-state index contributed by atoms with van der Waals surface area (Å²) in [5, 5.41) is 13.9. The first-order chi connectivity index (χ1) is 12.9. The van der Waals surface area contributed by atoms with Gasteiger partial charge in [-0.2, -0.15) is 4.39 Å². The number of hydrogen-bond donors (Lipinski definition) is 1. The molecule has 7 nitrogen and oxygen atoms in total. The fraction of sp³-hybridized carbons (Fsp3) is 0.333. The quantitative estimate of drug-likeness (QED) is 0.365. The molecule has 0 bridgehead atoms. The molecule has 0 spiro atoms. The Labute approximate surface area is 158 Å². The van der Waals surface area contributed by atoms with E-state index in [2.05, 4.69) is 5.32 Å². The molecular formula is C18H17FN2O5S. The predicted octanol–water partition coefficient (Wildman–Crippen LogP) is 4.10. The summed E-state index contributed by atoms with van der Waals surface area (Å²) in [7, 11) is 1.28. The summed E-state index contributed by atoms with van der Waals surface area (Å²) in [5.41, 5.74) is 0.384. The van der Waals surface area contributed by atoms with E-state index in [1.54, 1.807) is 0 Å². The maximum atomic E-state index is 13.5. The number of amides is 1. The van der Waals surface area contributed by atoms with E-state index in [1.165, 1.54) is 18.4 Å². The van der Waals surface area contributed by atoms with Gasteiger partial charge in [0.2, 0.25) is 5.82 Å². The van der Waals surface area contributed by atoms with Gasteiger partial charge in [0.15, 0.2) is 0 Å². The Balaban J connectivity index is 1.95. The molecule has 27 heavy (non-hydrogen) atoms. The highest BCUT2D eigenvalue weighted by Gasteiger charge is 2.27. The molecule has 0 fully saturated rings. The number of anilines is 1. The van der Waals surface area contributed by atoms with Crippen molar-refractivity contribution in [3.63, 3.8) is 0 Å². The monoisotopic (exact) mass is 392 g/mol. The number of hydrogen-bond acceptors (Lipinski definition) is 6. The van der Waals surface area contributed by atoms with Gasteiger partial charge in [0.05, 0.1) is 17.6 Å². The third kappa shape index (κ3) is 3.82. The Hall–Kier alpha value is -2.81. The molecule has 1 amide bonds. The lowest BCUT2D eigenvalue weighted by Gasteiger charge is -2.07. The van der Waals surface area contributed by atoms with E-state index < -0.39 is 28.3 Å². The van der Waals surface area contributed by atoms with Gasteiger partial charge in [0.25, 0.3) is 5.91 Å². The van der Waals surface area contributed by atoms with Gasteiger partial charge in [0, 0.05) is 16.5 Å². The van der Waals surface area contributed by atoms with E-state index in [0.29, 0.717) is 10.6 Å². The molecule has 1 aromatic carbocycles. The Bertz CT molecular complexity index is 925. The van der Waals surface area contributed by atoms with Crippen LogP contribution in [0.15, 0.2) is 18.2 Å². The minimum absolute atomic E-state index is 0.0671. The zero-order valence-corrected chi connectivity index (χ0v) is 15.4. The SMILES string of the molecule is COC(=O)c1c(NC(=O)c2ccc(F)c([N+](=O)[O-])c2)sc2c1CCCCC2. The first-order valence-corrected chi connectivity index (χ1v) is 9.22. The van der Waals surface area contributed by atoms with E-state index in [4.69, 9.17) is 4.74 Å². The van der Waals surface area contributed by atoms with Gasteiger partial charge in [-0.15, -0.1) is 11.3 Å². The molecule has 1 aliphatic carbocycles. The van der Waals surface area contributed by atoms with Gasteiger partial charge in [-0.05, 0) is 43.4 Å². The largest absolute Gasteiger partial charge is 0.465 e. The Morgan fingerprint density at radius 1 is 1.26 bits per heavy atom. The first-order valence-electron chi connectivity index (χ1n) is 8.40.